The number of hydrogen-bond acceptors (Lipinski definition) is 3. The lowest BCUT2D eigenvalue weighted by molar-refractivity contribution is -0.697. The Morgan fingerprint density at radius 3 is 1.75 bits per heavy atom. The first-order valence-corrected chi connectivity index (χ1v) is 11.5. The Hall–Kier alpha value is -2.53. The Labute approximate surface area is 203 Å². The molecule has 0 unspecified atom stereocenters. The number of hydrogen-bond donors (Lipinski definition) is 0. The van der Waals surface area contributed by atoms with E-state index in [1.54, 1.807) is 0 Å². The molecule has 0 radical (unpaired) electrons. The van der Waals surface area contributed by atoms with E-state index in [1.807, 2.05) is 54.6 Å². The normalized spacial score (nSPS) is 10.8. The van der Waals surface area contributed by atoms with Gasteiger partial charge in [0, 0.05) is 18.6 Å². The maximum absolute atomic E-state index is 5.85. The van der Waals surface area contributed by atoms with Crippen LogP contribution in [0.25, 0.3) is 0 Å². The van der Waals surface area contributed by atoms with Crippen molar-refractivity contribution in [1.82, 2.24) is 0 Å². The third-order valence-corrected chi connectivity index (χ3v) is 5.23. The van der Waals surface area contributed by atoms with Crippen LogP contribution in [-0.4, -0.2) is 6.61 Å². The van der Waals surface area contributed by atoms with Crippen molar-refractivity contribution < 1.29 is 26.3 Å². The molecule has 1 aromatic heterocycles. The highest BCUT2D eigenvalue weighted by Gasteiger charge is 1.99. The Morgan fingerprint density at radius 1 is 0.562 bits per heavy atom. The minimum Gasteiger partial charge on any atom is -1.00 e. The Morgan fingerprint density at radius 2 is 1.09 bits per heavy atom. The highest BCUT2D eigenvalue weighted by Crippen LogP contribution is 2.21. The van der Waals surface area contributed by atoms with E-state index in [4.69, 9.17) is 4.74 Å². The summed E-state index contributed by atoms with van der Waals surface area (Å²) in [5, 5.41) is 8.49. The first kappa shape index (κ1) is 25.7. The van der Waals surface area contributed by atoms with Crippen molar-refractivity contribution in [1.29, 1.82) is 0 Å². The number of azo groups is 1. The lowest BCUT2D eigenvalue weighted by atomic mass is 10.1. The number of rotatable bonds is 14. The minimum absolute atomic E-state index is 0. The second-order valence-electron chi connectivity index (χ2n) is 7.82. The lowest BCUT2D eigenvalue weighted by Crippen LogP contribution is -3.00. The predicted octanol–water partition coefficient (Wildman–Crippen LogP) is 4.59. The van der Waals surface area contributed by atoms with Crippen LogP contribution >= 0.6 is 0 Å². The van der Waals surface area contributed by atoms with E-state index < -0.39 is 0 Å². The number of nitrogens with zero attached hydrogens (tertiary/aromatic N) is 3. The number of benzene rings is 2. The smallest absolute Gasteiger partial charge is 0.168 e. The molecule has 1 heterocycles. The summed E-state index contributed by atoms with van der Waals surface area (Å²) in [6.45, 7) is 1.91. The molecule has 3 rings (SSSR count). The summed E-state index contributed by atoms with van der Waals surface area (Å²) in [6, 6.07) is 23.8. The van der Waals surface area contributed by atoms with Crippen molar-refractivity contribution in [2.75, 3.05) is 6.61 Å². The van der Waals surface area contributed by atoms with Crippen LogP contribution in [0.2, 0.25) is 0 Å². The van der Waals surface area contributed by atoms with Gasteiger partial charge in [0.05, 0.1) is 18.0 Å². The van der Waals surface area contributed by atoms with Crippen LogP contribution in [0.5, 0.6) is 5.75 Å². The van der Waals surface area contributed by atoms with Gasteiger partial charge in [0.1, 0.15) is 12.3 Å². The zero-order chi connectivity index (χ0) is 21.4. The van der Waals surface area contributed by atoms with Gasteiger partial charge in [0.2, 0.25) is 0 Å². The summed E-state index contributed by atoms with van der Waals surface area (Å²) >= 11 is 0. The van der Waals surface area contributed by atoms with E-state index in [9.17, 15) is 0 Å². The van der Waals surface area contributed by atoms with Crippen LogP contribution < -0.4 is 26.3 Å². The van der Waals surface area contributed by atoms with Crippen molar-refractivity contribution in [3.05, 3.63) is 85.2 Å². The molecule has 32 heavy (non-hydrogen) atoms. The molecule has 0 bridgehead atoms. The van der Waals surface area contributed by atoms with Gasteiger partial charge in [-0.05, 0) is 49.2 Å². The summed E-state index contributed by atoms with van der Waals surface area (Å²) in [5.41, 5.74) is 1.69. The quantitative estimate of drug-likeness (QED) is 0.183. The number of unbranched alkanes of at least 4 members (excludes halogenated alkanes) is 7. The van der Waals surface area contributed by atoms with Crippen LogP contribution in [-0.2, 0) is 6.54 Å². The summed E-state index contributed by atoms with van der Waals surface area (Å²) in [6.07, 6.45) is 14.6. The molecule has 0 aliphatic carbocycles. The zero-order valence-electron chi connectivity index (χ0n) is 18.8. The maximum atomic E-state index is 5.85. The number of aryl methyl sites for hydroxylation is 1. The zero-order valence-corrected chi connectivity index (χ0v) is 20.4. The molecule has 0 saturated carbocycles. The van der Waals surface area contributed by atoms with Crippen LogP contribution in [0.3, 0.4) is 0 Å². The van der Waals surface area contributed by atoms with E-state index in [1.165, 1.54) is 44.9 Å². The van der Waals surface area contributed by atoms with Gasteiger partial charge in [-0.1, -0.05) is 56.4 Å². The fraction of sp³-hybridized carbons (Fsp3) is 0.370. The average molecular weight is 496 g/mol. The van der Waals surface area contributed by atoms with Crippen LogP contribution in [0.4, 0.5) is 11.4 Å². The van der Waals surface area contributed by atoms with E-state index >= 15 is 0 Å². The SMILES string of the molecule is [Br-].c1ccc(N=Nc2ccc(OCCCCCCCCCC[n+]3ccccc3)cc2)cc1. The third-order valence-electron chi connectivity index (χ3n) is 5.23. The molecule has 0 atom stereocenters. The molecule has 2 aromatic carbocycles. The Kier molecular flexibility index (Phi) is 13.0. The van der Waals surface area contributed by atoms with Crippen LogP contribution in [0, 0.1) is 0 Å². The van der Waals surface area contributed by atoms with Gasteiger partial charge in [0.15, 0.2) is 12.4 Å². The maximum Gasteiger partial charge on any atom is 0.168 e. The fourth-order valence-electron chi connectivity index (χ4n) is 3.45. The molecule has 4 nitrogen and oxygen atoms in total. The van der Waals surface area contributed by atoms with Gasteiger partial charge in [-0.2, -0.15) is 10.2 Å². The fourth-order valence-corrected chi connectivity index (χ4v) is 3.45. The van der Waals surface area contributed by atoms with Gasteiger partial charge in [-0.3, -0.25) is 0 Å². The van der Waals surface area contributed by atoms with Gasteiger partial charge < -0.3 is 21.7 Å². The van der Waals surface area contributed by atoms with Gasteiger partial charge >= 0.3 is 0 Å². The molecule has 170 valence electrons. The van der Waals surface area contributed by atoms with Gasteiger partial charge in [-0.25, -0.2) is 4.57 Å². The largest absolute Gasteiger partial charge is 1.00 e. The molecule has 0 aliphatic heterocycles. The van der Waals surface area contributed by atoms with E-state index in [2.05, 4.69) is 45.4 Å². The van der Waals surface area contributed by atoms with Crippen molar-refractivity contribution >= 4 is 11.4 Å². The molecule has 0 fully saturated rings. The van der Waals surface area contributed by atoms with E-state index in [0.29, 0.717) is 0 Å². The van der Waals surface area contributed by atoms with Gasteiger partial charge in [0.25, 0.3) is 0 Å². The topological polar surface area (TPSA) is 37.8 Å². The van der Waals surface area contributed by atoms with Crippen molar-refractivity contribution in [2.24, 2.45) is 10.2 Å². The second kappa shape index (κ2) is 16.2. The number of aromatic nitrogens is 1. The highest BCUT2D eigenvalue weighted by molar-refractivity contribution is 5.42. The average Bonchev–Trinajstić information content (AvgIpc) is 2.83. The number of halogens is 1. The summed E-state index contributed by atoms with van der Waals surface area (Å²) in [7, 11) is 0. The molecule has 5 heteroatoms. The standard InChI is InChI=1S/C27H34N3O.BrH/c1(3-5-11-21-30-22-12-8-13-23-30)2-4-6-14-24-31-27-19-17-26(18-20-27)29-28-25-15-9-7-10-16-25;/h7-10,12-13,15-20,22-23H,1-6,11,14,21,24H2;1H/q+1;/p-1. The molecule has 0 amide bonds. The Balaban J connectivity index is 0.00000363. The minimum atomic E-state index is 0. The third kappa shape index (κ3) is 10.7. The first-order chi connectivity index (χ1) is 15.4. The van der Waals surface area contributed by atoms with E-state index in [-0.39, 0.29) is 17.0 Å². The summed E-state index contributed by atoms with van der Waals surface area (Å²) < 4.78 is 8.12. The van der Waals surface area contributed by atoms with Crippen LogP contribution in [0.1, 0.15) is 51.4 Å². The van der Waals surface area contributed by atoms with Crippen molar-refractivity contribution in [3.8, 4) is 5.75 Å². The number of ether oxygens (including phenoxy) is 1. The van der Waals surface area contributed by atoms with E-state index in [0.717, 1.165) is 36.7 Å². The van der Waals surface area contributed by atoms with Crippen LogP contribution in [0.15, 0.2) is 95.4 Å². The molecular formula is C27H34BrN3O. The predicted molar refractivity (Wildman–Crippen MR) is 126 cm³/mol. The van der Waals surface area contributed by atoms with Crippen molar-refractivity contribution in [2.45, 2.75) is 57.9 Å². The van der Waals surface area contributed by atoms with Crippen molar-refractivity contribution in [3.63, 3.8) is 0 Å². The monoisotopic (exact) mass is 495 g/mol. The summed E-state index contributed by atoms with van der Waals surface area (Å²) in [5.74, 6) is 0.898. The van der Waals surface area contributed by atoms with Gasteiger partial charge in [-0.15, -0.1) is 0 Å². The second-order valence-corrected chi connectivity index (χ2v) is 7.82. The molecule has 0 N–H and O–H groups in total. The first-order valence-electron chi connectivity index (χ1n) is 11.5. The Bertz CT molecular complexity index is 870. The molecule has 0 saturated heterocycles. The lowest BCUT2D eigenvalue weighted by Gasteiger charge is -2.06. The molecule has 0 spiro atoms. The molecule has 3 aromatic rings. The summed E-state index contributed by atoms with van der Waals surface area (Å²) in [4.78, 5) is 0. The molecule has 0 aliphatic rings. The number of pyridine rings is 1. The highest BCUT2D eigenvalue weighted by atomic mass is 79.9. The molecular weight excluding hydrogens is 462 g/mol.